The highest BCUT2D eigenvalue weighted by Crippen LogP contribution is 2.36. The van der Waals surface area contributed by atoms with Gasteiger partial charge < -0.3 is 10.5 Å². The van der Waals surface area contributed by atoms with Crippen molar-refractivity contribution in [1.82, 2.24) is 9.78 Å². The molecule has 1 aliphatic carbocycles. The molecule has 1 aromatic rings. The number of hydrogen-bond acceptors (Lipinski definition) is 4. The van der Waals surface area contributed by atoms with Gasteiger partial charge in [0.05, 0.1) is 5.69 Å². The molecule has 0 spiro atoms. The van der Waals surface area contributed by atoms with Crippen molar-refractivity contribution in [2.24, 2.45) is 12.5 Å². The molecule has 1 heterocycles. The Morgan fingerprint density at radius 3 is 2.61 bits per heavy atom. The van der Waals surface area contributed by atoms with Crippen molar-refractivity contribution < 1.29 is 9.53 Å². The standard InChI is InChI=1S/C13H21N3O2/c1-13(2)6-4-9(5-7-13)18-12(17)11-10(14)8-16(3)15-11/h8-9H,4-7,14H2,1-3H3. The number of esters is 1. The van der Waals surface area contributed by atoms with Gasteiger partial charge in [0.25, 0.3) is 0 Å². The molecule has 0 amide bonds. The van der Waals surface area contributed by atoms with Crippen molar-refractivity contribution in [1.29, 1.82) is 0 Å². The third kappa shape index (κ3) is 2.83. The van der Waals surface area contributed by atoms with Gasteiger partial charge in [-0.05, 0) is 31.1 Å². The quantitative estimate of drug-likeness (QED) is 0.817. The first-order chi connectivity index (χ1) is 8.37. The minimum absolute atomic E-state index is 0.00642. The highest BCUT2D eigenvalue weighted by atomic mass is 16.5. The molecule has 1 aromatic heterocycles. The molecule has 0 bridgehead atoms. The van der Waals surface area contributed by atoms with Crippen LogP contribution in [0.5, 0.6) is 0 Å². The summed E-state index contributed by atoms with van der Waals surface area (Å²) in [6, 6.07) is 0. The van der Waals surface area contributed by atoms with Crippen molar-refractivity contribution in [2.75, 3.05) is 5.73 Å². The van der Waals surface area contributed by atoms with Crippen LogP contribution < -0.4 is 5.73 Å². The maximum absolute atomic E-state index is 11.9. The Hall–Kier alpha value is -1.52. The Balaban J connectivity index is 1.95. The average molecular weight is 251 g/mol. The van der Waals surface area contributed by atoms with E-state index in [-0.39, 0.29) is 11.8 Å². The molecule has 0 unspecified atom stereocenters. The van der Waals surface area contributed by atoms with Gasteiger partial charge in [-0.1, -0.05) is 13.8 Å². The van der Waals surface area contributed by atoms with Crippen LogP contribution in [0, 0.1) is 5.41 Å². The van der Waals surface area contributed by atoms with E-state index >= 15 is 0 Å². The summed E-state index contributed by atoms with van der Waals surface area (Å²) in [5.41, 5.74) is 6.67. The summed E-state index contributed by atoms with van der Waals surface area (Å²) >= 11 is 0. The Bertz CT molecular complexity index is 441. The molecule has 0 aromatic carbocycles. The van der Waals surface area contributed by atoms with Crippen LogP contribution in [0.2, 0.25) is 0 Å². The highest BCUT2D eigenvalue weighted by molar-refractivity contribution is 5.92. The predicted octanol–water partition coefficient (Wildman–Crippen LogP) is 2.13. The summed E-state index contributed by atoms with van der Waals surface area (Å²) in [6.45, 7) is 4.50. The van der Waals surface area contributed by atoms with Crippen LogP contribution >= 0.6 is 0 Å². The summed E-state index contributed by atoms with van der Waals surface area (Å²) in [5.74, 6) is -0.405. The lowest BCUT2D eigenvalue weighted by Crippen LogP contribution is -2.28. The van der Waals surface area contributed by atoms with E-state index < -0.39 is 5.97 Å². The van der Waals surface area contributed by atoms with Gasteiger partial charge in [-0.15, -0.1) is 0 Å². The lowest BCUT2D eigenvalue weighted by Gasteiger charge is -2.33. The van der Waals surface area contributed by atoms with Gasteiger partial charge in [0.1, 0.15) is 6.10 Å². The molecular formula is C13H21N3O2. The molecule has 0 saturated heterocycles. The number of hydrogen-bond donors (Lipinski definition) is 1. The van der Waals surface area contributed by atoms with E-state index in [1.54, 1.807) is 13.2 Å². The van der Waals surface area contributed by atoms with Crippen LogP contribution in [0.4, 0.5) is 5.69 Å². The third-order valence-electron chi connectivity index (χ3n) is 3.61. The molecule has 0 atom stereocenters. The first-order valence-corrected chi connectivity index (χ1v) is 6.37. The van der Waals surface area contributed by atoms with E-state index in [2.05, 4.69) is 18.9 Å². The molecule has 100 valence electrons. The summed E-state index contributed by atoms with van der Waals surface area (Å²) in [5, 5.41) is 4.02. The van der Waals surface area contributed by atoms with Crippen molar-refractivity contribution in [2.45, 2.75) is 45.6 Å². The third-order valence-corrected chi connectivity index (χ3v) is 3.61. The Labute approximate surface area is 107 Å². The lowest BCUT2D eigenvalue weighted by molar-refractivity contribution is 0.00895. The molecule has 0 radical (unpaired) electrons. The SMILES string of the molecule is Cn1cc(N)c(C(=O)OC2CCC(C)(C)CC2)n1. The number of ether oxygens (including phenoxy) is 1. The minimum Gasteiger partial charge on any atom is -0.458 e. The smallest absolute Gasteiger partial charge is 0.361 e. The maximum Gasteiger partial charge on any atom is 0.361 e. The second kappa shape index (κ2) is 4.63. The molecule has 1 fully saturated rings. The zero-order valence-electron chi connectivity index (χ0n) is 11.3. The van der Waals surface area contributed by atoms with Gasteiger partial charge in [-0.25, -0.2) is 4.79 Å². The molecular weight excluding hydrogens is 230 g/mol. The molecule has 5 nitrogen and oxygen atoms in total. The van der Waals surface area contributed by atoms with Crippen LogP contribution in [0.15, 0.2) is 6.20 Å². The first kappa shape index (κ1) is 12.9. The van der Waals surface area contributed by atoms with Gasteiger partial charge in [0, 0.05) is 13.2 Å². The summed E-state index contributed by atoms with van der Waals surface area (Å²) in [4.78, 5) is 11.9. The van der Waals surface area contributed by atoms with Gasteiger partial charge in [-0.2, -0.15) is 5.10 Å². The number of anilines is 1. The fourth-order valence-corrected chi connectivity index (χ4v) is 2.36. The van der Waals surface area contributed by atoms with Crippen LogP contribution in [0.25, 0.3) is 0 Å². The van der Waals surface area contributed by atoms with Crippen LogP contribution in [-0.2, 0) is 11.8 Å². The molecule has 5 heteroatoms. The van der Waals surface area contributed by atoms with E-state index in [4.69, 9.17) is 10.5 Å². The fraction of sp³-hybridized carbons (Fsp3) is 0.692. The normalized spacial score (nSPS) is 19.7. The van der Waals surface area contributed by atoms with E-state index in [1.165, 1.54) is 4.68 Å². The number of nitrogens with two attached hydrogens (primary N) is 1. The number of nitrogen functional groups attached to an aromatic ring is 1. The van der Waals surface area contributed by atoms with Gasteiger partial charge in [0.2, 0.25) is 0 Å². The largest absolute Gasteiger partial charge is 0.458 e. The minimum atomic E-state index is -0.405. The van der Waals surface area contributed by atoms with Crippen molar-refractivity contribution >= 4 is 11.7 Å². The van der Waals surface area contributed by atoms with Gasteiger partial charge in [0.15, 0.2) is 5.69 Å². The molecule has 1 aliphatic rings. The fourth-order valence-electron chi connectivity index (χ4n) is 2.36. The van der Waals surface area contributed by atoms with Crippen LogP contribution in [0.1, 0.15) is 50.0 Å². The first-order valence-electron chi connectivity index (χ1n) is 6.37. The molecule has 2 rings (SSSR count). The average Bonchev–Trinajstić information content (AvgIpc) is 2.61. The zero-order chi connectivity index (χ0) is 13.3. The second-order valence-corrected chi connectivity index (χ2v) is 5.88. The topological polar surface area (TPSA) is 70.1 Å². The number of carbonyl (C=O) groups excluding carboxylic acids is 1. The molecule has 0 aliphatic heterocycles. The lowest BCUT2D eigenvalue weighted by atomic mass is 9.76. The highest BCUT2D eigenvalue weighted by Gasteiger charge is 2.29. The van der Waals surface area contributed by atoms with E-state index in [0.717, 1.165) is 25.7 Å². The van der Waals surface area contributed by atoms with Crippen LogP contribution in [-0.4, -0.2) is 21.9 Å². The number of nitrogens with zero attached hydrogens (tertiary/aromatic N) is 2. The molecule has 1 saturated carbocycles. The maximum atomic E-state index is 11.9. The molecule has 2 N–H and O–H groups in total. The van der Waals surface area contributed by atoms with E-state index in [0.29, 0.717) is 11.1 Å². The number of aromatic nitrogens is 2. The monoisotopic (exact) mass is 251 g/mol. The Kier molecular flexibility index (Phi) is 3.32. The van der Waals surface area contributed by atoms with Crippen molar-refractivity contribution in [3.05, 3.63) is 11.9 Å². The summed E-state index contributed by atoms with van der Waals surface area (Å²) in [7, 11) is 1.73. The van der Waals surface area contributed by atoms with Gasteiger partial charge in [-0.3, -0.25) is 4.68 Å². The summed E-state index contributed by atoms with van der Waals surface area (Å²) < 4.78 is 6.99. The molecule has 18 heavy (non-hydrogen) atoms. The van der Waals surface area contributed by atoms with Gasteiger partial charge >= 0.3 is 5.97 Å². The Morgan fingerprint density at radius 2 is 2.11 bits per heavy atom. The number of carbonyl (C=O) groups is 1. The van der Waals surface area contributed by atoms with E-state index in [1.807, 2.05) is 0 Å². The number of aryl methyl sites for hydroxylation is 1. The van der Waals surface area contributed by atoms with E-state index in [9.17, 15) is 4.79 Å². The number of rotatable bonds is 2. The second-order valence-electron chi connectivity index (χ2n) is 5.88. The zero-order valence-corrected chi connectivity index (χ0v) is 11.3. The summed E-state index contributed by atoms with van der Waals surface area (Å²) in [6.07, 6.45) is 5.63. The van der Waals surface area contributed by atoms with Crippen molar-refractivity contribution in [3.63, 3.8) is 0 Å². The predicted molar refractivity (Wildman–Crippen MR) is 69.1 cm³/mol. The Morgan fingerprint density at radius 1 is 1.50 bits per heavy atom. The van der Waals surface area contributed by atoms with Crippen molar-refractivity contribution in [3.8, 4) is 0 Å². The van der Waals surface area contributed by atoms with Crippen LogP contribution in [0.3, 0.4) is 0 Å².